The number of amides is 2. The Hall–Kier alpha value is -3.20. The molecule has 0 radical (unpaired) electrons. The fraction of sp³-hybridized carbons (Fsp3) is 0.176. The SMILES string of the molecule is NC(=O)CCN(C(=O)Cn1nc(-c2cccs2)oc1=O)c1ccccc1. The molecule has 2 amide bonds. The maximum Gasteiger partial charge on any atom is 0.437 e. The summed E-state index contributed by atoms with van der Waals surface area (Å²) in [5, 5.41) is 5.91. The van der Waals surface area contributed by atoms with Crippen LogP contribution in [0.4, 0.5) is 5.69 Å². The van der Waals surface area contributed by atoms with Gasteiger partial charge >= 0.3 is 5.76 Å². The van der Waals surface area contributed by atoms with Gasteiger partial charge in [0, 0.05) is 18.7 Å². The number of carbonyl (C=O) groups excluding carboxylic acids is 2. The van der Waals surface area contributed by atoms with Crippen LogP contribution in [0.1, 0.15) is 6.42 Å². The number of carbonyl (C=O) groups is 2. The molecule has 2 aromatic heterocycles. The van der Waals surface area contributed by atoms with Gasteiger partial charge in [-0.25, -0.2) is 4.79 Å². The lowest BCUT2D eigenvalue weighted by atomic mass is 10.2. The molecule has 3 aromatic rings. The molecule has 0 aliphatic carbocycles. The topological polar surface area (TPSA) is 111 Å². The van der Waals surface area contributed by atoms with Crippen LogP contribution in [0.15, 0.2) is 57.1 Å². The number of hydrogen-bond acceptors (Lipinski definition) is 6. The number of benzene rings is 1. The van der Waals surface area contributed by atoms with E-state index in [2.05, 4.69) is 5.10 Å². The fourth-order valence-corrected chi connectivity index (χ4v) is 2.99. The van der Waals surface area contributed by atoms with Crippen LogP contribution in [0.25, 0.3) is 10.8 Å². The van der Waals surface area contributed by atoms with Crippen molar-refractivity contribution < 1.29 is 14.0 Å². The Morgan fingerprint density at radius 2 is 1.96 bits per heavy atom. The van der Waals surface area contributed by atoms with Crippen molar-refractivity contribution in [2.75, 3.05) is 11.4 Å². The van der Waals surface area contributed by atoms with Crippen LogP contribution in [0.5, 0.6) is 0 Å². The zero-order valence-corrected chi connectivity index (χ0v) is 14.5. The van der Waals surface area contributed by atoms with Crippen LogP contribution in [0.2, 0.25) is 0 Å². The molecule has 0 aliphatic heterocycles. The van der Waals surface area contributed by atoms with E-state index in [1.807, 2.05) is 17.5 Å². The van der Waals surface area contributed by atoms with E-state index in [9.17, 15) is 14.4 Å². The summed E-state index contributed by atoms with van der Waals surface area (Å²) < 4.78 is 6.08. The lowest BCUT2D eigenvalue weighted by molar-refractivity contribution is -0.119. The van der Waals surface area contributed by atoms with E-state index < -0.39 is 17.6 Å². The highest BCUT2D eigenvalue weighted by Crippen LogP contribution is 2.21. The maximum atomic E-state index is 12.7. The van der Waals surface area contributed by atoms with Gasteiger partial charge in [-0.05, 0) is 23.6 Å². The molecule has 3 rings (SSSR count). The Labute approximate surface area is 152 Å². The van der Waals surface area contributed by atoms with Gasteiger partial charge in [0.15, 0.2) is 0 Å². The van der Waals surface area contributed by atoms with Gasteiger partial charge in [0.1, 0.15) is 6.54 Å². The fourth-order valence-electron chi connectivity index (χ4n) is 2.35. The Morgan fingerprint density at radius 3 is 2.62 bits per heavy atom. The highest BCUT2D eigenvalue weighted by atomic mass is 32.1. The Kier molecular flexibility index (Phi) is 5.28. The number of anilines is 1. The lowest BCUT2D eigenvalue weighted by Gasteiger charge is -2.22. The average Bonchev–Trinajstić information content (AvgIpc) is 3.26. The normalized spacial score (nSPS) is 10.6. The van der Waals surface area contributed by atoms with Gasteiger partial charge in [-0.3, -0.25) is 9.59 Å². The van der Waals surface area contributed by atoms with Crippen LogP contribution in [0.3, 0.4) is 0 Å². The number of para-hydroxylation sites is 1. The van der Waals surface area contributed by atoms with Crippen molar-refractivity contribution in [1.29, 1.82) is 0 Å². The zero-order chi connectivity index (χ0) is 18.5. The van der Waals surface area contributed by atoms with Crippen LogP contribution >= 0.6 is 11.3 Å². The monoisotopic (exact) mass is 372 g/mol. The summed E-state index contributed by atoms with van der Waals surface area (Å²) in [4.78, 5) is 37.9. The van der Waals surface area contributed by atoms with Gasteiger partial charge in [0.25, 0.3) is 5.89 Å². The predicted octanol–water partition coefficient (Wildman–Crippen LogP) is 1.47. The molecule has 134 valence electrons. The van der Waals surface area contributed by atoms with Gasteiger partial charge < -0.3 is 15.1 Å². The van der Waals surface area contributed by atoms with Crippen molar-refractivity contribution >= 4 is 28.8 Å². The molecule has 2 heterocycles. The molecule has 0 unspecified atom stereocenters. The first-order chi connectivity index (χ1) is 12.5. The number of rotatable bonds is 7. The Balaban J connectivity index is 1.81. The van der Waals surface area contributed by atoms with E-state index in [4.69, 9.17) is 10.2 Å². The second kappa shape index (κ2) is 7.79. The van der Waals surface area contributed by atoms with Crippen LogP contribution in [-0.4, -0.2) is 28.1 Å². The van der Waals surface area contributed by atoms with E-state index in [0.717, 1.165) is 4.68 Å². The number of thiophene rings is 1. The molecule has 1 aromatic carbocycles. The van der Waals surface area contributed by atoms with Crippen molar-refractivity contribution in [3.63, 3.8) is 0 Å². The van der Waals surface area contributed by atoms with Gasteiger partial charge in [0.05, 0.1) is 4.88 Å². The lowest BCUT2D eigenvalue weighted by Crippen LogP contribution is -2.38. The van der Waals surface area contributed by atoms with Gasteiger partial charge in [0.2, 0.25) is 11.8 Å². The Morgan fingerprint density at radius 1 is 1.19 bits per heavy atom. The van der Waals surface area contributed by atoms with Crippen molar-refractivity contribution in [2.24, 2.45) is 5.73 Å². The largest absolute Gasteiger partial charge is 0.437 e. The molecule has 0 saturated carbocycles. The first-order valence-electron chi connectivity index (χ1n) is 7.80. The highest BCUT2D eigenvalue weighted by Gasteiger charge is 2.20. The van der Waals surface area contributed by atoms with Crippen molar-refractivity contribution in [2.45, 2.75) is 13.0 Å². The van der Waals surface area contributed by atoms with E-state index in [1.165, 1.54) is 16.2 Å². The molecule has 0 atom stereocenters. The van der Waals surface area contributed by atoms with Crippen LogP contribution in [-0.2, 0) is 16.1 Å². The number of hydrogen-bond donors (Lipinski definition) is 1. The number of nitrogens with two attached hydrogens (primary N) is 1. The zero-order valence-electron chi connectivity index (χ0n) is 13.7. The smallest absolute Gasteiger partial charge is 0.387 e. The molecule has 2 N–H and O–H groups in total. The van der Waals surface area contributed by atoms with Gasteiger partial charge in [-0.2, -0.15) is 4.68 Å². The Bertz CT molecular complexity index is 947. The number of aromatic nitrogens is 2. The third-order valence-electron chi connectivity index (χ3n) is 3.57. The summed E-state index contributed by atoms with van der Waals surface area (Å²) in [5.74, 6) is -1.46. The summed E-state index contributed by atoms with van der Waals surface area (Å²) >= 11 is 1.38. The molecule has 0 spiro atoms. The number of primary amides is 1. The molecule has 8 nitrogen and oxygen atoms in total. The van der Waals surface area contributed by atoms with Crippen molar-refractivity contribution in [3.05, 3.63) is 58.4 Å². The van der Waals surface area contributed by atoms with Crippen LogP contribution in [0, 0.1) is 0 Å². The molecule has 0 aliphatic rings. The summed E-state index contributed by atoms with van der Waals surface area (Å²) in [6.45, 7) is -0.191. The molecule has 9 heteroatoms. The van der Waals surface area contributed by atoms with Crippen LogP contribution < -0.4 is 16.4 Å². The predicted molar refractivity (Wildman–Crippen MR) is 96.7 cm³/mol. The average molecular weight is 372 g/mol. The van der Waals surface area contributed by atoms with Crippen molar-refractivity contribution in [3.8, 4) is 10.8 Å². The van der Waals surface area contributed by atoms with E-state index in [-0.39, 0.29) is 25.4 Å². The number of nitrogens with zero attached hydrogens (tertiary/aromatic N) is 3. The molecule has 26 heavy (non-hydrogen) atoms. The van der Waals surface area contributed by atoms with Crippen molar-refractivity contribution in [1.82, 2.24) is 9.78 Å². The second-order valence-electron chi connectivity index (χ2n) is 5.41. The highest BCUT2D eigenvalue weighted by molar-refractivity contribution is 7.13. The van der Waals surface area contributed by atoms with E-state index in [0.29, 0.717) is 10.6 Å². The van der Waals surface area contributed by atoms with Gasteiger partial charge in [-0.15, -0.1) is 16.4 Å². The summed E-state index contributed by atoms with van der Waals surface area (Å²) in [6.07, 6.45) is 0.00872. The molecular formula is C17H16N4O4S. The third kappa shape index (κ3) is 4.06. The maximum absolute atomic E-state index is 12.7. The second-order valence-corrected chi connectivity index (χ2v) is 6.35. The quantitative estimate of drug-likeness (QED) is 0.675. The molecular weight excluding hydrogens is 356 g/mol. The standard InChI is InChI=1S/C17H16N4O4S/c18-14(22)8-9-20(12-5-2-1-3-6-12)15(23)11-21-17(24)25-16(19-21)13-7-4-10-26-13/h1-7,10H,8-9,11H2,(H2,18,22). The summed E-state index contributed by atoms with van der Waals surface area (Å²) in [5.41, 5.74) is 5.80. The summed E-state index contributed by atoms with van der Waals surface area (Å²) in [7, 11) is 0. The molecule has 0 fully saturated rings. The molecule has 0 saturated heterocycles. The van der Waals surface area contributed by atoms with E-state index >= 15 is 0 Å². The summed E-state index contributed by atoms with van der Waals surface area (Å²) in [6, 6.07) is 12.4. The molecule has 0 bridgehead atoms. The van der Waals surface area contributed by atoms with E-state index in [1.54, 1.807) is 30.3 Å². The first-order valence-corrected chi connectivity index (χ1v) is 8.68. The third-order valence-corrected chi connectivity index (χ3v) is 4.43. The minimum absolute atomic E-state index is 0.00872. The minimum Gasteiger partial charge on any atom is -0.387 e. The minimum atomic E-state index is -0.718. The van der Waals surface area contributed by atoms with Gasteiger partial charge in [-0.1, -0.05) is 24.3 Å². The first kappa shape index (κ1) is 17.6.